The summed E-state index contributed by atoms with van der Waals surface area (Å²) < 4.78 is 0.998. The van der Waals surface area contributed by atoms with Crippen LogP contribution in [0.1, 0.15) is 19.4 Å². The van der Waals surface area contributed by atoms with Crippen molar-refractivity contribution in [2.45, 2.75) is 25.8 Å². The molecule has 0 saturated carbocycles. The van der Waals surface area contributed by atoms with E-state index in [-0.39, 0.29) is 11.4 Å². The van der Waals surface area contributed by atoms with Gasteiger partial charge in [0.05, 0.1) is 6.42 Å². The summed E-state index contributed by atoms with van der Waals surface area (Å²) in [5.41, 5.74) is 0.806. The molecule has 1 aromatic carbocycles. The number of carbonyl (C=O) groups excluding carboxylic acids is 1. The Bertz CT molecular complexity index is 377. The SMILES string of the molecule is CC(C)(CBr)NC(=O)Cc1cccc(Br)c1. The first-order valence-electron chi connectivity index (χ1n) is 5.04. The lowest BCUT2D eigenvalue weighted by molar-refractivity contribution is -0.121. The molecule has 0 saturated heterocycles. The summed E-state index contributed by atoms with van der Waals surface area (Å²) in [4.78, 5) is 11.8. The molecule has 0 radical (unpaired) electrons. The van der Waals surface area contributed by atoms with Gasteiger partial charge >= 0.3 is 0 Å². The molecule has 1 N–H and O–H groups in total. The maximum Gasteiger partial charge on any atom is 0.224 e. The number of benzene rings is 1. The van der Waals surface area contributed by atoms with Gasteiger partial charge in [-0.05, 0) is 31.5 Å². The molecule has 88 valence electrons. The van der Waals surface area contributed by atoms with Crippen LogP contribution in [0.25, 0.3) is 0 Å². The normalized spacial score (nSPS) is 11.2. The summed E-state index contributed by atoms with van der Waals surface area (Å²) in [5, 5.41) is 3.71. The molecule has 1 rings (SSSR count). The molecule has 4 heteroatoms. The summed E-state index contributed by atoms with van der Waals surface area (Å²) >= 11 is 6.76. The van der Waals surface area contributed by atoms with Gasteiger partial charge in [0.25, 0.3) is 0 Å². The zero-order valence-electron chi connectivity index (χ0n) is 9.39. The molecular weight excluding hydrogens is 334 g/mol. The van der Waals surface area contributed by atoms with Gasteiger partial charge < -0.3 is 5.32 Å². The largest absolute Gasteiger partial charge is 0.350 e. The fourth-order valence-electron chi connectivity index (χ4n) is 1.29. The number of nitrogens with one attached hydrogen (secondary N) is 1. The third kappa shape index (κ3) is 4.66. The van der Waals surface area contributed by atoms with Crippen LogP contribution in [0.3, 0.4) is 0 Å². The fourth-order valence-corrected chi connectivity index (χ4v) is 1.87. The molecule has 2 nitrogen and oxygen atoms in total. The molecule has 16 heavy (non-hydrogen) atoms. The molecule has 0 fully saturated rings. The van der Waals surface area contributed by atoms with Crippen LogP contribution in [0, 0.1) is 0 Å². The van der Waals surface area contributed by atoms with E-state index < -0.39 is 0 Å². The van der Waals surface area contributed by atoms with Crippen molar-refractivity contribution in [3.8, 4) is 0 Å². The van der Waals surface area contributed by atoms with E-state index in [0.29, 0.717) is 6.42 Å². The molecule has 0 aliphatic heterocycles. The molecule has 0 aliphatic carbocycles. The molecule has 1 amide bonds. The first-order valence-corrected chi connectivity index (χ1v) is 6.96. The van der Waals surface area contributed by atoms with Crippen LogP contribution in [0.4, 0.5) is 0 Å². The van der Waals surface area contributed by atoms with Crippen LogP contribution in [0.5, 0.6) is 0 Å². The van der Waals surface area contributed by atoms with Crippen LogP contribution in [0.2, 0.25) is 0 Å². The second-order valence-corrected chi connectivity index (χ2v) is 5.85. The number of hydrogen-bond acceptors (Lipinski definition) is 1. The Hall–Kier alpha value is -0.350. The highest BCUT2D eigenvalue weighted by molar-refractivity contribution is 9.10. The van der Waals surface area contributed by atoms with Crippen molar-refractivity contribution in [3.05, 3.63) is 34.3 Å². The first-order chi connectivity index (χ1) is 7.43. The van der Waals surface area contributed by atoms with Crippen LogP contribution >= 0.6 is 31.9 Å². The van der Waals surface area contributed by atoms with Gasteiger partial charge in [0.1, 0.15) is 0 Å². The highest BCUT2D eigenvalue weighted by atomic mass is 79.9. The predicted molar refractivity (Wildman–Crippen MR) is 73.9 cm³/mol. The Balaban J connectivity index is 2.59. The second-order valence-electron chi connectivity index (χ2n) is 4.37. The van der Waals surface area contributed by atoms with Crippen LogP contribution in [0.15, 0.2) is 28.7 Å². The number of rotatable bonds is 4. The average molecular weight is 349 g/mol. The van der Waals surface area contributed by atoms with Crippen LogP contribution in [-0.4, -0.2) is 16.8 Å². The Kier molecular flexibility index (Phi) is 4.99. The van der Waals surface area contributed by atoms with Gasteiger partial charge in [-0.25, -0.2) is 0 Å². The van der Waals surface area contributed by atoms with Crippen molar-refractivity contribution in [2.75, 3.05) is 5.33 Å². The van der Waals surface area contributed by atoms with Crippen molar-refractivity contribution < 1.29 is 4.79 Å². The van der Waals surface area contributed by atoms with E-state index >= 15 is 0 Å². The topological polar surface area (TPSA) is 29.1 Å². The Morgan fingerprint density at radius 1 is 1.44 bits per heavy atom. The Morgan fingerprint density at radius 3 is 2.69 bits per heavy atom. The van der Waals surface area contributed by atoms with Crippen LogP contribution < -0.4 is 5.32 Å². The van der Waals surface area contributed by atoms with Gasteiger partial charge in [0.15, 0.2) is 0 Å². The Labute approximate surface area is 113 Å². The van der Waals surface area contributed by atoms with E-state index in [2.05, 4.69) is 37.2 Å². The van der Waals surface area contributed by atoms with Gasteiger partial charge in [-0.3, -0.25) is 4.79 Å². The van der Waals surface area contributed by atoms with Crippen molar-refractivity contribution >= 4 is 37.8 Å². The van der Waals surface area contributed by atoms with E-state index in [4.69, 9.17) is 0 Å². The predicted octanol–water partition coefficient (Wildman–Crippen LogP) is 3.28. The second kappa shape index (κ2) is 5.82. The number of alkyl halides is 1. The molecule has 0 unspecified atom stereocenters. The smallest absolute Gasteiger partial charge is 0.224 e. The quantitative estimate of drug-likeness (QED) is 0.831. The van der Waals surface area contributed by atoms with Gasteiger partial charge in [0, 0.05) is 15.3 Å². The molecule has 0 aromatic heterocycles. The molecule has 0 aliphatic rings. The molecule has 0 heterocycles. The first kappa shape index (κ1) is 13.7. The third-order valence-electron chi connectivity index (χ3n) is 2.07. The van der Waals surface area contributed by atoms with Crippen LogP contribution in [-0.2, 0) is 11.2 Å². The fraction of sp³-hybridized carbons (Fsp3) is 0.417. The number of halogens is 2. The zero-order valence-corrected chi connectivity index (χ0v) is 12.6. The standard InChI is InChI=1S/C12H15Br2NO/c1-12(2,8-13)15-11(16)7-9-4-3-5-10(14)6-9/h3-6H,7-8H2,1-2H3,(H,15,16). The average Bonchev–Trinajstić information content (AvgIpc) is 2.16. The van der Waals surface area contributed by atoms with E-state index in [0.717, 1.165) is 15.4 Å². The van der Waals surface area contributed by atoms with Gasteiger partial charge in [-0.1, -0.05) is 44.0 Å². The van der Waals surface area contributed by atoms with E-state index in [1.807, 2.05) is 38.1 Å². The van der Waals surface area contributed by atoms with E-state index in [9.17, 15) is 4.79 Å². The number of amides is 1. The Morgan fingerprint density at radius 2 is 2.12 bits per heavy atom. The van der Waals surface area contributed by atoms with Gasteiger partial charge in [0.2, 0.25) is 5.91 Å². The molecule has 0 spiro atoms. The zero-order chi connectivity index (χ0) is 12.2. The summed E-state index contributed by atoms with van der Waals surface area (Å²) in [7, 11) is 0. The maximum atomic E-state index is 11.8. The van der Waals surface area contributed by atoms with Gasteiger partial charge in [-0.2, -0.15) is 0 Å². The summed E-state index contributed by atoms with van der Waals surface area (Å²) in [5.74, 6) is 0.0440. The van der Waals surface area contributed by atoms with Crippen molar-refractivity contribution in [3.63, 3.8) is 0 Å². The summed E-state index contributed by atoms with van der Waals surface area (Å²) in [6.45, 7) is 3.97. The molecule has 1 aromatic rings. The maximum absolute atomic E-state index is 11.8. The number of hydrogen-bond donors (Lipinski definition) is 1. The van der Waals surface area contributed by atoms with Gasteiger partial charge in [-0.15, -0.1) is 0 Å². The lowest BCUT2D eigenvalue weighted by Crippen LogP contribution is -2.45. The van der Waals surface area contributed by atoms with E-state index in [1.54, 1.807) is 0 Å². The minimum Gasteiger partial charge on any atom is -0.350 e. The van der Waals surface area contributed by atoms with Crippen molar-refractivity contribution in [2.24, 2.45) is 0 Å². The molecular formula is C12H15Br2NO. The number of carbonyl (C=O) groups is 1. The third-order valence-corrected chi connectivity index (χ3v) is 3.96. The highest BCUT2D eigenvalue weighted by Gasteiger charge is 2.18. The lowest BCUT2D eigenvalue weighted by Gasteiger charge is -2.23. The lowest BCUT2D eigenvalue weighted by atomic mass is 10.1. The minimum absolute atomic E-state index is 0.0440. The minimum atomic E-state index is -0.205. The highest BCUT2D eigenvalue weighted by Crippen LogP contribution is 2.13. The monoisotopic (exact) mass is 347 g/mol. The molecule has 0 atom stereocenters. The van der Waals surface area contributed by atoms with Crippen molar-refractivity contribution in [1.82, 2.24) is 5.32 Å². The van der Waals surface area contributed by atoms with Crippen molar-refractivity contribution in [1.29, 1.82) is 0 Å². The summed E-state index contributed by atoms with van der Waals surface area (Å²) in [6.07, 6.45) is 0.413. The molecule has 0 bridgehead atoms. The van der Waals surface area contributed by atoms with E-state index in [1.165, 1.54) is 0 Å². The summed E-state index contributed by atoms with van der Waals surface area (Å²) in [6, 6.07) is 7.79.